The van der Waals surface area contributed by atoms with E-state index >= 15 is 9.59 Å². The number of hydrogen-bond acceptors (Lipinski definition) is 15. The zero-order valence-corrected chi connectivity index (χ0v) is 49.7. The van der Waals surface area contributed by atoms with Crippen molar-refractivity contribution < 1.29 is 71.3 Å². The van der Waals surface area contributed by atoms with Gasteiger partial charge in [-0.2, -0.15) is 0 Å². The number of benzene rings is 6. The summed E-state index contributed by atoms with van der Waals surface area (Å²) in [6, 6.07) is 19.0. The van der Waals surface area contributed by atoms with Crippen molar-refractivity contribution in [1.29, 1.82) is 0 Å². The van der Waals surface area contributed by atoms with Crippen molar-refractivity contribution >= 4 is 78.4 Å². The summed E-state index contributed by atoms with van der Waals surface area (Å²) in [4.78, 5) is 73.4. The molecule has 0 aromatic heterocycles. The molecule has 0 saturated carbocycles. The van der Waals surface area contributed by atoms with Crippen molar-refractivity contribution in [2.75, 3.05) is 137 Å². The van der Waals surface area contributed by atoms with Crippen molar-refractivity contribution in [2.24, 2.45) is 0 Å². The highest BCUT2D eigenvalue weighted by molar-refractivity contribution is 6.43. The Morgan fingerprint density at radius 3 is 1.15 bits per heavy atom. The number of fused-ring (bicyclic) bond motifs is 2. The van der Waals surface area contributed by atoms with Gasteiger partial charge in [-0.15, -0.1) is 0 Å². The molecule has 452 valence electrons. The largest absolute Gasteiger partial charge is 0.462 e. The molecule has 8 rings (SSSR count). The highest BCUT2D eigenvalue weighted by Crippen LogP contribution is 2.47. The Hall–Kier alpha value is -6.25. The lowest BCUT2D eigenvalue weighted by Gasteiger charge is -2.31. The van der Waals surface area contributed by atoms with Gasteiger partial charge < -0.3 is 47.4 Å². The SMILES string of the molecule is C=C(C)C(=O)OCCCCCCN1C(=O)c2ccc3c4ccc5c6c(ccc(c7ccc(c2c37)C1=O)c64)C(=O)N(c1cc(CCCOCCOCCOCC)c(CCCOCCOCCOCC)c(CCCOCCOCCOCC)c1)C5=O. The number of hydrogen-bond donors (Lipinski definition) is 0. The Morgan fingerprint density at radius 2 is 0.762 bits per heavy atom. The second kappa shape index (κ2) is 32.9. The number of rotatable bonds is 42. The van der Waals surface area contributed by atoms with Gasteiger partial charge in [0, 0.05) is 84.8 Å². The first-order valence-corrected chi connectivity index (χ1v) is 30.2. The lowest BCUT2D eigenvalue weighted by molar-refractivity contribution is -0.139. The molecule has 0 N–H and O–H groups in total. The molecule has 0 atom stereocenters. The third-order valence-electron chi connectivity index (χ3n) is 15.3. The van der Waals surface area contributed by atoms with Crippen molar-refractivity contribution in [3.63, 3.8) is 0 Å². The molecule has 0 bridgehead atoms. The van der Waals surface area contributed by atoms with E-state index < -0.39 is 17.8 Å². The van der Waals surface area contributed by atoms with Crippen LogP contribution in [-0.2, 0) is 71.4 Å². The number of nitrogens with zero attached hydrogens (tertiary/aromatic N) is 2. The van der Waals surface area contributed by atoms with Crippen LogP contribution >= 0.6 is 0 Å². The van der Waals surface area contributed by atoms with Gasteiger partial charge in [-0.25, -0.2) is 9.69 Å². The Balaban J connectivity index is 1.06. The number of esters is 1. The minimum absolute atomic E-state index is 0.263. The predicted octanol–water partition coefficient (Wildman–Crippen LogP) is 10.8. The first-order chi connectivity index (χ1) is 41.1. The zero-order chi connectivity index (χ0) is 59.2. The number of aryl methyl sites for hydroxylation is 2. The standard InChI is InChI=1S/C67H84N2O15/c1-6-75-32-35-81-41-38-78-28-13-16-47-44-49(45-48(17-14-29-79-39-42-82-36-33-76-7-2)50(47)18-15-30-80-40-43-83-37-34-77-8-3)69-65(72)57-25-21-53-51-19-23-55-61-56(24-20-52(59(51)61)54-22-26-58(66(69)73)62(57)60(53)54)64(71)68(63(55)70)27-11-9-10-12-31-84-67(74)46(4)5/h19-26,44-45H,4,6-18,27-43H2,1-3,5H3. The second-order valence-corrected chi connectivity index (χ2v) is 21.0. The van der Waals surface area contributed by atoms with E-state index in [-0.39, 0.29) is 25.0 Å². The van der Waals surface area contributed by atoms with E-state index in [1.165, 1.54) is 9.80 Å². The summed E-state index contributed by atoms with van der Waals surface area (Å²) in [5.74, 6) is -1.94. The second-order valence-electron chi connectivity index (χ2n) is 21.0. The third kappa shape index (κ3) is 15.8. The molecule has 0 aliphatic carbocycles. The molecule has 17 heteroatoms. The van der Waals surface area contributed by atoms with E-state index in [9.17, 15) is 14.4 Å². The molecule has 6 aromatic carbocycles. The van der Waals surface area contributed by atoms with Crippen LogP contribution in [0.3, 0.4) is 0 Å². The molecule has 0 spiro atoms. The number of anilines is 1. The van der Waals surface area contributed by atoms with E-state index in [0.29, 0.717) is 208 Å². The average Bonchev–Trinajstić information content (AvgIpc) is 2.77. The minimum atomic E-state index is -0.420. The van der Waals surface area contributed by atoms with Crippen LogP contribution in [0.1, 0.15) is 131 Å². The predicted molar refractivity (Wildman–Crippen MR) is 324 cm³/mol. The van der Waals surface area contributed by atoms with Crippen LogP contribution in [0.5, 0.6) is 0 Å². The summed E-state index contributed by atoms with van der Waals surface area (Å²) in [6.45, 7) is 21.0. The van der Waals surface area contributed by atoms with E-state index in [4.69, 9.17) is 47.4 Å². The molecule has 4 amide bonds. The molecule has 6 aromatic rings. The molecule has 0 fully saturated rings. The molecule has 84 heavy (non-hydrogen) atoms. The Morgan fingerprint density at radius 1 is 0.405 bits per heavy atom. The van der Waals surface area contributed by atoms with E-state index in [1.54, 1.807) is 19.1 Å². The molecular formula is C67H84N2O15. The van der Waals surface area contributed by atoms with Crippen LogP contribution < -0.4 is 4.90 Å². The zero-order valence-electron chi connectivity index (χ0n) is 49.7. The molecule has 2 heterocycles. The van der Waals surface area contributed by atoms with Crippen LogP contribution in [-0.4, -0.2) is 167 Å². The van der Waals surface area contributed by atoms with Gasteiger partial charge in [-0.1, -0.05) is 37.3 Å². The van der Waals surface area contributed by atoms with Crippen molar-refractivity contribution in [1.82, 2.24) is 4.90 Å². The highest BCUT2D eigenvalue weighted by atomic mass is 16.6. The van der Waals surface area contributed by atoms with Crippen molar-refractivity contribution in [3.05, 3.63) is 112 Å². The van der Waals surface area contributed by atoms with Crippen LogP contribution in [0.4, 0.5) is 5.69 Å². The fourth-order valence-electron chi connectivity index (χ4n) is 11.3. The smallest absolute Gasteiger partial charge is 0.333 e. The summed E-state index contributed by atoms with van der Waals surface area (Å²) in [6.07, 6.45) is 6.94. The summed E-state index contributed by atoms with van der Waals surface area (Å²) < 4.78 is 56.5. The summed E-state index contributed by atoms with van der Waals surface area (Å²) >= 11 is 0. The number of ether oxygens (including phenoxy) is 10. The first-order valence-electron chi connectivity index (χ1n) is 30.2. The normalized spacial score (nSPS) is 13.3. The van der Waals surface area contributed by atoms with Crippen molar-refractivity contribution in [3.8, 4) is 0 Å². The lowest BCUT2D eigenvalue weighted by Crippen LogP contribution is -2.41. The maximum Gasteiger partial charge on any atom is 0.333 e. The van der Waals surface area contributed by atoms with Gasteiger partial charge in [0.15, 0.2) is 0 Å². The number of amides is 4. The number of carbonyl (C=O) groups is 5. The minimum Gasteiger partial charge on any atom is -0.462 e. The van der Waals surface area contributed by atoms with E-state index in [1.807, 2.05) is 69.3 Å². The fourth-order valence-corrected chi connectivity index (χ4v) is 11.3. The fraction of sp³-hybridized carbons (Fsp3) is 0.507. The topological polar surface area (TPSA) is 184 Å². The van der Waals surface area contributed by atoms with Crippen LogP contribution in [0.2, 0.25) is 0 Å². The number of carbonyl (C=O) groups excluding carboxylic acids is 5. The third-order valence-corrected chi connectivity index (χ3v) is 15.3. The summed E-state index contributed by atoms with van der Waals surface area (Å²) in [5, 5.41) is 6.04. The lowest BCUT2D eigenvalue weighted by atomic mass is 9.82. The number of imide groups is 2. The van der Waals surface area contributed by atoms with Gasteiger partial charge in [0.1, 0.15) is 0 Å². The van der Waals surface area contributed by atoms with Gasteiger partial charge in [0.25, 0.3) is 23.6 Å². The molecule has 2 aliphatic rings. The molecular weight excluding hydrogens is 1070 g/mol. The first kappa shape index (κ1) is 63.8. The van der Waals surface area contributed by atoms with E-state index in [0.717, 1.165) is 68.3 Å². The Kier molecular flexibility index (Phi) is 25.0. The van der Waals surface area contributed by atoms with Gasteiger partial charge in [0.05, 0.1) is 91.6 Å². The Labute approximate surface area is 493 Å². The van der Waals surface area contributed by atoms with Crippen molar-refractivity contribution in [2.45, 2.75) is 91.9 Å². The number of unbranched alkanes of at least 4 members (excludes halogenated alkanes) is 3. The molecule has 17 nitrogen and oxygen atoms in total. The van der Waals surface area contributed by atoms with Crippen LogP contribution in [0, 0.1) is 0 Å². The van der Waals surface area contributed by atoms with Crippen LogP contribution in [0.25, 0.3) is 43.1 Å². The van der Waals surface area contributed by atoms with Gasteiger partial charge >= 0.3 is 5.97 Å². The average molecular weight is 1160 g/mol. The highest BCUT2D eigenvalue weighted by Gasteiger charge is 2.38. The Bertz CT molecular complexity index is 3040. The molecule has 2 aliphatic heterocycles. The molecule has 0 saturated heterocycles. The van der Waals surface area contributed by atoms with Crippen LogP contribution in [0.15, 0.2) is 72.8 Å². The quantitative estimate of drug-likeness (QED) is 0.00880. The van der Waals surface area contributed by atoms with E-state index in [2.05, 4.69) is 6.58 Å². The summed E-state index contributed by atoms with van der Waals surface area (Å²) in [7, 11) is 0. The molecule has 0 unspecified atom stereocenters. The van der Waals surface area contributed by atoms with Gasteiger partial charge in [0.2, 0.25) is 0 Å². The van der Waals surface area contributed by atoms with Gasteiger partial charge in [-0.3, -0.25) is 24.1 Å². The maximum atomic E-state index is 15.3. The maximum absolute atomic E-state index is 15.3. The molecule has 0 radical (unpaired) electrons. The van der Waals surface area contributed by atoms with Gasteiger partial charge in [-0.05, 0) is 171 Å². The monoisotopic (exact) mass is 1160 g/mol. The summed E-state index contributed by atoms with van der Waals surface area (Å²) in [5.41, 5.74) is 5.81.